The fourth-order valence-electron chi connectivity index (χ4n) is 8.82. The lowest BCUT2D eigenvalue weighted by atomic mass is 9.75. The van der Waals surface area contributed by atoms with Gasteiger partial charge in [0.15, 0.2) is 6.29 Å². The van der Waals surface area contributed by atoms with Crippen LogP contribution >= 0.6 is 0 Å². The fraction of sp³-hybridized carbons (Fsp3) is 0.457. The summed E-state index contributed by atoms with van der Waals surface area (Å²) in [5, 5.41) is 13.0. The molecule has 4 aromatic carbocycles. The van der Waals surface area contributed by atoms with Gasteiger partial charge in [0.2, 0.25) is 15.9 Å². The largest absolute Gasteiger partial charge is 0.392 e. The van der Waals surface area contributed by atoms with E-state index in [4.69, 9.17) is 9.47 Å². The maximum absolute atomic E-state index is 13.9. The van der Waals surface area contributed by atoms with E-state index in [1.165, 1.54) is 19.3 Å². The number of carbonyl (C=O) groups excluding carboxylic acids is 1. The zero-order valence-electron chi connectivity index (χ0n) is 33.1. The first-order valence-corrected chi connectivity index (χ1v) is 21.7. The molecule has 298 valence electrons. The molecule has 3 N–H and O–H groups in total. The van der Waals surface area contributed by atoms with Crippen molar-refractivity contribution in [1.29, 1.82) is 0 Å². The zero-order chi connectivity index (χ0) is 39.5. The summed E-state index contributed by atoms with van der Waals surface area (Å²) in [5.74, 6) is 0.676. The molecule has 4 aromatic rings. The first kappa shape index (κ1) is 40.3. The molecule has 2 aliphatic heterocycles. The highest BCUT2D eigenvalue weighted by molar-refractivity contribution is 7.89. The number of fused-ring (bicyclic) bond motifs is 1. The summed E-state index contributed by atoms with van der Waals surface area (Å²) in [4.78, 5) is 16.6. The van der Waals surface area contributed by atoms with E-state index in [1.807, 2.05) is 81.4 Å². The lowest BCUT2D eigenvalue weighted by Crippen LogP contribution is -2.61. The molecule has 10 heteroatoms. The Labute approximate surface area is 332 Å². The van der Waals surface area contributed by atoms with Crippen molar-refractivity contribution in [2.75, 3.05) is 6.54 Å². The Kier molecular flexibility index (Phi) is 12.5. The highest BCUT2D eigenvalue weighted by Gasteiger charge is 2.46. The van der Waals surface area contributed by atoms with Crippen molar-refractivity contribution in [2.24, 2.45) is 11.8 Å². The molecule has 0 spiro atoms. The Bertz CT molecular complexity index is 2030. The molecule has 1 amide bonds. The number of aliphatic hydroxyl groups excluding tert-OH is 1. The van der Waals surface area contributed by atoms with E-state index in [2.05, 4.69) is 34.0 Å². The minimum Gasteiger partial charge on any atom is -0.392 e. The van der Waals surface area contributed by atoms with Crippen LogP contribution in [0, 0.1) is 11.8 Å². The topological polar surface area (TPSA) is 117 Å². The third-order valence-corrected chi connectivity index (χ3v) is 13.2. The van der Waals surface area contributed by atoms with E-state index < -0.39 is 16.3 Å². The number of hydrogen-bond acceptors (Lipinski definition) is 7. The van der Waals surface area contributed by atoms with Crippen LogP contribution in [0.2, 0.25) is 0 Å². The molecular formula is C46H57N3O6S. The van der Waals surface area contributed by atoms with Crippen molar-refractivity contribution in [2.45, 2.75) is 120 Å². The second-order valence-corrected chi connectivity index (χ2v) is 18.7. The van der Waals surface area contributed by atoms with Crippen LogP contribution in [-0.4, -0.2) is 54.6 Å². The number of aliphatic hydroxyl groups is 1. The van der Waals surface area contributed by atoms with E-state index in [-0.39, 0.29) is 53.7 Å². The maximum atomic E-state index is 13.9. The molecule has 1 saturated carbocycles. The molecule has 0 unspecified atom stereocenters. The van der Waals surface area contributed by atoms with Crippen LogP contribution in [0.4, 0.5) is 0 Å². The predicted octanol–water partition coefficient (Wildman–Crippen LogP) is 8.05. The second kappa shape index (κ2) is 17.3. The molecule has 3 aliphatic rings. The third-order valence-electron chi connectivity index (χ3n) is 11.8. The molecule has 9 nitrogen and oxygen atoms in total. The van der Waals surface area contributed by atoms with Gasteiger partial charge in [-0.3, -0.25) is 9.69 Å². The van der Waals surface area contributed by atoms with Crippen LogP contribution in [0.3, 0.4) is 0 Å². The van der Waals surface area contributed by atoms with Crippen molar-refractivity contribution in [1.82, 2.24) is 14.9 Å². The van der Waals surface area contributed by atoms with Gasteiger partial charge in [0.05, 0.1) is 29.8 Å². The number of benzene rings is 4. The number of nitrogens with one attached hydrogen (secondary N) is 2. The number of hydrogen-bond donors (Lipinski definition) is 3. The van der Waals surface area contributed by atoms with E-state index in [0.29, 0.717) is 18.5 Å². The summed E-state index contributed by atoms with van der Waals surface area (Å²) in [5.41, 5.74) is 5.26. The molecule has 0 bridgehead atoms. The quantitative estimate of drug-likeness (QED) is 0.141. The minimum absolute atomic E-state index is 0.0113. The average molecular weight is 780 g/mol. The minimum atomic E-state index is -3.63. The zero-order valence-corrected chi connectivity index (χ0v) is 33.9. The monoisotopic (exact) mass is 779 g/mol. The first-order chi connectivity index (χ1) is 26.9. The lowest BCUT2D eigenvalue weighted by Gasteiger charge is -2.51. The van der Waals surface area contributed by atoms with Crippen LogP contribution in [0.15, 0.2) is 108 Å². The smallest absolute Gasteiger partial charge is 0.240 e. The molecule has 1 aliphatic carbocycles. The fourth-order valence-corrected chi connectivity index (χ4v) is 9.86. The molecule has 2 saturated heterocycles. The molecule has 7 atom stereocenters. The molecule has 0 aromatic heterocycles. The summed E-state index contributed by atoms with van der Waals surface area (Å²) in [6.45, 7) is 9.10. The Morgan fingerprint density at radius 2 is 1.52 bits per heavy atom. The van der Waals surface area contributed by atoms with Gasteiger partial charge in [0, 0.05) is 36.2 Å². The predicted molar refractivity (Wildman–Crippen MR) is 219 cm³/mol. The van der Waals surface area contributed by atoms with Crippen LogP contribution < -0.4 is 10.0 Å². The number of amides is 1. The molecule has 2 heterocycles. The Morgan fingerprint density at radius 1 is 0.804 bits per heavy atom. The number of ether oxygens (including phenoxy) is 2. The highest BCUT2D eigenvalue weighted by Crippen LogP contribution is 2.44. The van der Waals surface area contributed by atoms with Crippen molar-refractivity contribution in [3.63, 3.8) is 0 Å². The van der Waals surface area contributed by atoms with Gasteiger partial charge in [-0.1, -0.05) is 105 Å². The normalized spacial score (nSPS) is 26.0. The van der Waals surface area contributed by atoms with E-state index in [9.17, 15) is 18.3 Å². The van der Waals surface area contributed by atoms with Crippen molar-refractivity contribution >= 4 is 15.9 Å². The Balaban J connectivity index is 1.13. The van der Waals surface area contributed by atoms with Gasteiger partial charge in [-0.2, -0.15) is 0 Å². The Hall–Kier alpha value is -3.90. The van der Waals surface area contributed by atoms with Gasteiger partial charge >= 0.3 is 0 Å². The van der Waals surface area contributed by atoms with Crippen molar-refractivity contribution in [3.8, 4) is 11.1 Å². The summed E-state index contributed by atoms with van der Waals surface area (Å²) < 4.78 is 42.2. The van der Waals surface area contributed by atoms with Gasteiger partial charge in [0.1, 0.15) is 0 Å². The molecular weight excluding hydrogens is 723 g/mol. The van der Waals surface area contributed by atoms with Gasteiger partial charge in [-0.25, -0.2) is 13.1 Å². The number of piperidine rings is 1. The number of nitrogens with zero attached hydrogens (tertiary/aromatic N) is 1. The number of likely N-dealkylation sites (tertiary alicyclic amines) is 1. The van der Waals surface area contributed by atoms with Crippen LogP contribution in [0.5, 0.6) is 0 Å². The van der Waals surface area contributed by atoms with Crippen LogP contribution in [0.25, 0.3) is 11.1 Å². The number of carbonyl (C=O) groups is 1. The molecule has 3 fully saturated rings. The standard InChI is InChI=1S/C46H57N3O6S/c1-31-42(29-49-40-16-9-8-12-35(40)25-26-41(49)44(51)48-46(2,3)4)54-45(55-43(31)36-19-17-32(30-50)18-20-36)37-23-21-34(22-24-37)38-13-10-11-33(27-38)28-47-56(52,53)39-14-6-5-7-15-39/h5-7,10-11,13-15,17-24,27,31,35,40-43,45,47,50H,8-9,12,16,25-26,28-30H2,1-4H3,(H,48,51)/t31-,35-,40-,41-,42+,43+,45+/m1/s1. The van der Waals surface area contributed by atoms with Crippen molar-refractivity contribution < 1.29 is 27.8 Å². The van der Waals surface area contributed by atoms with E-state index >= 15 is 0 Å². The number of rotatable bonds is 11. The summed E-state index contributed by atoms with van der Waals surface area (Å²) in [7, 11) is -3.63. The Morgan fingerprint density at radius 3 is 2.23 bits per heavy atom. The number of sulfonamides is 1. The molecule has 0 radical (unpaired) electrons. The highest BCUT2D eigenvalue weighted by atomic mass is 32.2. The van der Waals surface area contributed by atoms with Gasteiger partial charge in [-0.15, -0.1) is 0 Å². The van der Waals surface area contributed by atoms with Gasteiger partial charge in [0.25, 0.3) is 0 Å². The summed E-state index contributed by atoms with van der Waals surface area (Å²) in [6, 6.07) is 32.6. The van der Waals surface area contributed by atoms with Crippen molar-refractivity contribution in [3.05, 3.63) is 125 Å². The maximum Gasteiger partial charge on any atom is 0.240 e. The van der Waals surface area contributed by atoms with Gasteiger partial charge in [-0.05, 0) is 98.4 Å². The van der Waals surface area contributed by atoms with E-state index in [1.54, 1.807) is 30.3 Å². The molecule has 56 heavy (non-hydrogen) atoms. The van der Waals surface area contributed by atoms with Crippen LogP contribution in [-0.2, 0) is 37.4 Å². The summed E-state index contributed by atoms with van der Waals surface area (Å²) in [6.07, 6.45) is 5.54. The lowest BCUT2D eigenvalue weighted by molar-refractivity contribution is -0.278. The second-order valence-electron chi connectivity index (χ2n) is 16.9. The van der Waals surface area contributed by atoms with Crippen LogP contribution in [0.1, 0.15) is 101 Å². The third kappa shape index (κ3) is 9.44. The summed E-state index contributed by atoms with van der Waals surface area (Å²) >= 11 is 0. The SMILES string of the molecule is C[C@@H]1[C@H](CN2[C@@H](C(=O)NC(C)(C)C)CC[C@H]3CCCC[C@H]32)O[C@H](c2ccc(-c3cccc(CNS(=O)(=O)c4ccccc4)c3)cc2)O[C@@H]1c1ccc(CO)cc1. The van der Waals surface area contributed by atoms with Gasteiger partial charge < -0.3 is 19.9 Å². The van der Waals surface area contributed by atoms with E-state index in [0.717, 1.165) is 52.6 Å². The average Bonchev–Trinajstić information content (AvgIpc) is 3.21. The first-order valence-electron chi connectivity index (χ1n) is 20.2. The molecule has 7 rings (SSSR count).